The first kappa shape index (κ1) is 10.2. The maximum atomic E-state index is 12.0. The Balaban J connectivity index is 2.09. The summed E-state index contributed by atoms with van der Waals surface area (Å²) in [7, 11) is -2.78. The van der Waals surface area contributed by atoms with Gasteiger partial charge in [-0.25, -0.2) is 8.42 Å². The minimum Gasteiger partial charge on any atom is -0.228 e. The molecule has 2 fully saturated rings. The third-order valence-electron chi connectivity index (χ3n) is 2.71. The summed E-state index contributed by atoms with van der Waals surface area (Å²) >= 11 is 3.56. The molecule has 0 amide bonds. The van der Waals surface area contributed by atoms with Crippen molar-refractivity contribution in [3.05, 3.63) is 0 Å². The lowest BCUT2D eigenvalue weighted by molar-refractivity contribution is 0.572. The van der Waals surface area contributed by atoms with Gasteiger partial charge >= 0.3 is 0 Å². The Labute approximate surface area is 88.2 Å². The molecule has 2 rings (SSSR count). The lowest BCUT2D eigenvalue weighted by atomic mass is 10.4. The van der Waals surface area contributed by atoms with E-state index in [0.29, 0.717) is 0 Å². The fourth-order valence-electron chi connectivity index (χ4n) is 1.82. The van der Waals surface area contributed by atoms with E-state index in [1.165, 1.54) is 0 Å². The largest absolute Gasteiger partial charge is 0.228 e. The Morgan fingerprint density at radius 1 is 0.923 bits per heavy atom. The van der Waals surface area contributed by atoms with Gasteiger partial charge < -0.3 is 0 Å². The SMILES string of the molecule is O=S(=O)(C1CCSC1)C1CCSC1. The molecule has 0 aliphatic carbocycles. The highest BCUT2D eigenvalue weighted by Crippen LogP contribution is 2.31. The predicted octanol–water partition coefficient (Wildman–Crippen LogP) is 1.41. The summed E-state index contributed by atoms with van der Waals surface area (Å²) in [6.45, 7) is 0. The van der Waals surface area contributed by atoms with Crippen LogP contribution in [0.2, 0.25) is 0 Å². The molecular formula is C8H14O2S3. The zero-order valence-electron chi connectivity index (χ0n) is 7.44. The standard InChI is InChI=1S/C8H14O2S3/c9-13(10,7-1-3-11-5-7)8-2-4-12-6-8/h7-8H,1-6H2. The summed E-state index contributed by atoms with van der Waals surface area (Å²) in [5, 5.41) is -0.0533. The second kappa shape index (κ2) is 4.03. The van der Waals surface area contributed by atoms with Crippen LogP contribution in [0.5, 0.6) is 0 Å². The van der Waals surface area contributed by atoms with Gasteiger partial charge in [-0.3, -0.25) is 0 Å². The van der Waals surface area contributed by atoms with Gasteiger partial charge in [-0.15, -0.1) is 0 Å². The zero-order chi connectivity index (χ0) is 9.31. The fourth-order valence-corrected chi connectivity index (χ4v) is 7.74. The Morgan fingerprint density at radius 2 is 1.38 bits per heavy atom. The van der Waals surface area contributed by atoms with Crippen molar-refractivity contribution in [1.82, 2.24) is 0 Å². The fraction of sp³-hybridized carbons (Fsp3) is 1.00. The average molecular weight is 238 g/mol. The zero-order valence-corrected chi connectivity index (χ0v) is 9.89. The Morgan fingerprint density at radius 3 is 1.69 bits per heavy atom. The van der Waals surface area contributed by atoms with Crippen molar-refractivity contribution in [1.29, 1.82) is 0 Å². The second-order valence-corrected chi connectivity index (χ2v) is 8.37. The quantitative estimate of drug-likeness (QED) is 0.728. The van der Waals surface area contributed by atoms with E-state index in [9.17, 15) is 8.42 Å². The highest BCUT2D eigenvalue weighted by molar-refractivity contribution is 8.03. The highest BCUT2D eigenvalue weighted by Gasteiger charge is 2.37. The molecule has 0 spiro atoms. The topological polar surface area (TPSA) is 34.1 Å². The summed E-state index contributed by atoms with van der Waals surface area (Å²) in [6.07, 6.45) is 1.77. The van der Waals surface area contributed by atoms with Crippen molar-refractivity contribution < 1.29 is 8.42 Å². The van der Waals surface area contributed by atoms with E-state index >= 15 is 0 Å². The molecule has 2 saturated heterocycles. The van der Waals surface area contributed by atoms with Crippen molar-refractivity contribution in [2.45, 2.75) is 23.3 Å². The number of hydrogen-bond donors (Lipinski definition) is 0. The van der Waals surface area contributed by atoms with Gasteiger partial charge in [0.2, 0.25) is 0 Å². The van der Waals surface area contributed by atoms with Crippen LogP contribution in [-0.2, 0) is 9.84 Å². The van der Waals surface area contributed by atoms with E-state index in [2.05, 4.69) is 0 Å². The second-order valence-electron chi connectivity index (χ2n) is 3.56. The van der Waals surface area contributed by atoms with Crippen LogP contribution in [0.15, 0.2) is 0 Å². The third kappa shape index (κ3) is 2.02. The van der Waals surface area contributed by atoms with E-state index in [0.717, 1.165) is 35.9 Å². The van der Waals surface area contributed by atoms with E-state index in [4.69, 9.17) is 0 Å². The third-order valence-corrected chi connectivity index (χ3v) is 8.12. The van der Waals surface area contributed by atoms with E-state index in [1.807, 2.05) is 0 Å². The maximum Gasteiger partial charge on any atom is 0.157 e. The Hall–Kier alpha value is 0.650. The van der Waals surface area contributed by atoms with Crippen molar-refractivity contribution in [2.24, 2.45) is 0 Å². The average Bonchev–Trinajstić information content (AvgIpc) is 2.78. The highest BCUT2D eigenvalue weighted by atomic mass is 32.2. The maximum absolute atomic E-state index is 12.0. The van der Waals surface area contributed by atoms with Crippen LogP contribution < -0.4 is 0 Å². The van der Waals surface area contributed by atoms with Gasteiger partial charge in [0.15, 0.2) is 9.84 Å². The van der Waals surface area contributed by atoms with Crippen LogP contribution in [0.4, 0.5) is 0 Å². The summed E-state index contributed by atoms with van der Waals surface area (Å²) in [5.41, 5.74) is 0. The summed E-state index contributed by atoms with van der Waals surface area (Å²) in [6, 6.07) is 0. The Kier molecular flexibility index (Phi) is 3.15. The van der Waals surface area contributed by atoms with E-state index in [1.54, 1.807) is 23.5 Å². The first-order valence-electron chi connectivity index (χ1n) is 4.59. The summed E-state index contributed by atoms with van der Waals surface area (Å²) < 4.78 is 24.0. The molecule has 2 nitrogen and oxygen atoms in total. The molecule has 2 unspecified atom stereocenters. The van der Waals surface area contributed by atoms with E-state index in [-0.39, 0.29) is 10.5 Å². The van der Waals surface area contributed by atoms with Gasteiger partial charge in [0.05, 0.1) is 10.5 Å². The molecular weight excluding hydrogens is 224 g/mol. The lowest BCUT2D eigenvalue weighted by Gasteiger charge is -2.15. The van der Waals surface area contributed by atoms with Crippen molar-refractivity contribution >= 4 is 33.4 Å². The van der Waals surface area contributed by atoms with Gasteiger partial charge in [0.1, 0.15) is 0 Å². The summed E-state index contributed by atoms with van der Waals surface area (Å²) in [4.78, 5) is 0. The molecule has 0 aromatic rings. The van der Waals surface area contributed by atoms with Crippen molar-refractivity contribution in [3.63, 3.8) is 0 Å². The molecule has 76 valence electrons. The first-order valence-corrected chi connectivity index (χ1v) is 8.51. The molecule has 0 saturated carbocycles. The molecule has 0 N–H and O–H groups in total. The molecule has 13 heavy (non-hydrogen) atoms. The summed E-state index contributed by atoms with van der Waals surface area (Å²) in [5.74, 6) is 3.74. The molecule has 0 aromatic heterocycles. The first-order chi connectivity index (χ1) is 6.21. The normalized spacial score (nSPS) is 35.4. The van der Waals surface area contributed by atoms with Gasteiger partial charge in [-0.1, -0.05) is 0 Å². The van der Waals surface area contributed by atoms with Gasteiger partial charge in [0.25, 0.3) is 0 Å². The number of sulfone groups is 1. The molecule has 2 aliphatic heterocycles. The van der Waals surface area contributed by atoms with Crippen LogP contribution >= 0.6 is 23.5 Å². The van der Waals surface area contributed by atoms with E-state index < -0.39 is 9.84 Å². The minimum atomic E-state index is -2.78. The molecule has 2 aliphatic rings. The molecule has 5 heteroatoms. The molecule has 0 radical (unpaired) electrons. The minimum absolute atomic E-state index is 0.0267. The smallest absolute Gasteiger partial charge is 0.157 e. The van der Waals surface area contributed by atoms with Crippen LogP contribution in [0, 0.1) is 0 Å². The molecule has 2 atom stereocenters. The molecule has 0 aromatic carbocycles. The van der Waals surface area contributed by atoms with Crippen LogP contribution in [-0.4, -0.2) is 41.9 Å². The number of hydrogen-bond acceptors (Lipinski definition) is 4. The van der Waals surface area contributed by atoms with Gasteiger partial charge in [-0.2, -0.15) is 23.5 Å². The predicted molar refractivity (Wildman–Crippen MR) is 60.4 cm³/mol. The van der Waals surface area contributed by atoms with Crippen molar-refractivity contribution in [2.75, 3.05) is 23.0 Å². The van der Waals surface area contributed by atoms with Crippen LogP contribution in [0.25, 0.3) is 0 Å². The molecule has 0 bridgehead atoms. The Bertz CT molecular complexity index is 239. The van der Waals surface area contributed by atoms with Crippen molar-refractivity contribution in [3.8, 4) is 0 Å². The monoisotopic (exact) mass is 238 g/mol. The van der Waals surface area contributed by atoms with Crippen LogP contribution in [0.1, 0.15) is 12.8 Å². The lowest BCUT2D eigenvalue weighted by Crippen LogP contribution is -2.31. The molecule has 2 heterocycles. The van der Waals surface area contributed by atoms with Gasteiger partial charge in [-0.05, 0) is 24.3 Å². The number of rotatable bonds is 2. The van der Waals surface area contributed by atoms with Crippen LogP contribution in [0.3, 0.4) is 0 Å². The number of thioether (sulfide) groups is 2. The van der Waals surface area contributed by atoms with Gasteiger partial charge in [0, 0.05) is 11.5 Å².